The highest BCUT2D eigenvalue weighted by atomic mass is 16.5. The lowest BCUT2D eigenvalue weighted by atomic mass is 10.1. The van der Waals surface area contributed by atoms with Crippen molar-refractivity contribution in [1.29, 1.82) is 0 Å². The summed E-state index contributed by atoms with van der Waals surface area (Å²) in [4.78, 5) is 17.9. The SMILES string of the molecule is COc1cc(N=Cc2c(O)n(-c3ccc(OC)c(OC)c3)c(=O)c3ccccc23)cc(OC)c1. The van der Waals surface area contributed by atoms with Gasteiger partial charge in [0, 0.05) is 41.3 Å². The van der Waals surface area contributed by atoms with Gasteiger partial charge in [0.25, 0.3) is 5.56 Å². The molecule has 1 heterocycles. The Bertz CT molecular complexity index is 1420. The van der Waals surface area contributed by atoms with Gasteiger partial charge in [0.15, 0.2) is 11.5 Å². The Kier molecular flexibility index (Phi) is 6.40. The molecular formula is C26H24N2O6. The summed E-state index contributed by atoms with van der Waals surface area (Å²) in [6, 6.07) is 17.2. The van der Waals surface area contributed by atoms with E-state index in [4.69, 9.17) is 18.9 Å². The minimum absolute atomic E-state index is 0.255. The Morgan fingerprint density at radius 3 is 2.06 bits per heavy atom. The van der Waals surface area contributed by atoms with Crippen molar-refractivity contribution in [1.82, 2.24) is 4.57 Å². The smallest absolute Gasteiger partial charge is 0.265 e. The van der Waals surface area contributed by atoms with E-state index in [1.165, 1.54) is 25.0 Å². The average Bonchev–Trinajstić information content (AvgIpc) is 2.88. The third-order valence-electron chi connectivity index (χ3n) is 5.41. The quantitative estimate of drug-likeness (QED) is 0.409. The number of fused-ring (bicyclic) bond motifs is 1. The molecule has 0 fully saturated rings. The third kappa shape index (κ3) is 4.13. The molecule has 0 radical (unpaired) electrons. The van der Waals surface area contributed by atoms with E-state index in [2.05, 4.69) is 4.99 Å². The molecule has 0 aliphatic rings. The molecule has 0 saturated heterocycles. The largest absolute Gasteiger partial charge is 0.497 e. The Labute approximate surface area is 196 Å². The fraction of sp³-hybridized carbons (Fsp3) is 0.154. The lowest BCUT2D eigenvalue weighted by Gasteiger charge is -2.15. The van der Waals surface area contributed by atoms with Gasteiger partial charge in [-0.05, 0) is 18.2 Å². The summed E-state index contributed by atoms with van der Waals surface area (Å²) >= 11 is 0. The molecule has 0 unspecified atom stereocenters. The molecule has 8 nitrogen and oxygen atoms in total. The van der Waals surface area contributed by atoms with Gasteiger partial charge in [-0.15, -0.1) is 0 Å². The van der Waals surface area contributed by atoms with Crippen molar-refractivity contribution in [3.8, 4) is 34.6 Å². The predicted molar refractivity (Wildman–Crippen MR) is 131 cm³/mol. The first kappa shape index (κ1) is 22.7. The number of aromatic hydroxyl groups is 1. The summed E-state index contributed by atoms with van der Waals surface area (Å²) < 4.78 is 22.5. The van der Waals surface area contributed by atoms with Gasteiger partial charge in [-0.25, -0.2) is 4.57 Å². The van der Waals surface area contributed by atoms with Gasteiger partial charge in [0.1, 0.15) is 11.5 Å². The minimum atomic E-state index is -0.375. The highest BCUT2D eigenvalue weighted by molar-refractivity contribution is 6.02. The van der Waals surface area contributed by atoms with Crippen molar-refractivity contribution in [3.63, 3.8) is 0 Å². The van der Waals surface area contributed by atoms with Crippen LogP contribution in [0.5, 0.6) is 28.9 Å². The Hall–Kier alpha value is -4.46. The number of benzene rings is 3. The van der Waals surface area contributed by atoms with Crippen LogP contribution in [0.25, 0.3) is 16.5 Å². The van der Waals surface area contributed by atoms with E-state index in [9.17, 15) is 9.90 Å². The zero-order valence-electron chi connectivity index (χ0n) is 19.2. The summed E-state index contributed by atoms with van der Waals surface area (Å²) in [7, 11) is 6.14. The van der Waals surface area contributed by atoms with Gasteiger partial charge in [-0.3, -0.25) is 9.79 Å². The van der Waals surface area contributed by atoms with Crippen LogP contribution in [-0.4, -0.2) is 44.3 Å². The molecule has 174 valence electrons. The molecule has 0 bridgehead atoms. The monoisotopic (exact) mass is 460 g/mol. The maximum absolute atomic E-state index is 13.4. The van der Waals surface area contributed by atoms with Crippen LogP contribution in [0, 0.1) is 0 Å². The lowest BCUT2D eigenvalue weighted by Crippen LogP contribution is -2.20. The van der Waals surface area contributed by atoms with E-state index in [0.29, 0.717) is 50.7 Å². The standard InChI is InChI=1S/C26H24N2O6/c1-31-18-11-16(12-19(14-18)32-2)27-15-22-20-7-5-6-8-21(20)25(29)28(26(22)30)17-9-10-23(33-3)24(13-17)34-4/h5-15,30H,1-4H3. The van der Waals surface area contributed by atoms with E-state index >= 15 is 0 Å². The molecule has 34 heavy (non-hydrogen) atoms. The summed E-state index contributed by atoms with van der Waals surface area (Å²) in [5.74, 6) is 1.84. The zero-order valence-corrected chi connectivity index (χ0v) is 19.2. The third-order valence-corrected chi connectivity index (χ3v) is 5.41. The van der Waals surface area contributed by atoms with Crippen LogP contribution in [0.1, 0.15) is 5.56 Å². The average molecular weight is 460 g/mol. The fourth-order valence-corrected chi connectivity index (χ4v) is 3.70. The second-order valence-electron chi connectivity index (χ2n) is 7.29. The molecular weight excluding hydrogens is 436 g/mol. The Morgan fingerprint density at radius 2 is 1.44 bits per heavy atom. The predicted octanol–water partition coefficient (Wildman–Crippen LogP) is 4.48. The topological polar surface area (TPSA) is 91.5 Å². The zero-order chi connectivity index (χ0) is 24.2. The van der Waals surface area contributed by atoms with Crippen molar-refractivity contribution in [2.45, 2.75) is 0 Å². The van der Waals surface area contributed by atoms with Crippen molar-refractivity contribution in [2.75, 3.05) is 28.4 Å². The number of rotatable bonds is 7. The highest BCUT2D eigenvalue weighted by Crippen LogP contribution is 2.33. The summed E-state index contributed by atoms with van der Waals surface area (Å²) in [6.45, 7) is 0. The minimum Gasteiger partial charge on any atom is -0.497 e. The first-order valence-corrected chi connectivity index (χ1v) is 10.4. The van der Waals surface area contributed by atoms with Crippen LogP contribution in [0.3, 0.4) is 0 Å². The summed E-state index contributed by atoms with van der Waals surface area (Å²) in [5, 5.41) is 12.2. The molecule has 1 aromatic heterocycles. The molecule has 0 saturated carbocycles. The van der Waals surface area contributed by atoms with Gasteiger partial charge in [0.05, 0.1) is 45.4 Å². The molecule has 1 N–H and O–H groups in total. The second-order valence-corrected chi connectivity index (χ2v) is 7.29. The first-order chi connectivity index (χ1) is 16.5. The molecule has 4 aromatic rings. The van der Waals surface area contributed by atoms with E-state index in [0.717, 1.165) is 0 Å². The molecule has 0 spiro atoms. The van der Waals surface area contributed by atoms with Gasteiger partial charge in [0.2, 0.25) is 5.88 Å². The Balaban J connectivity index is 1.94. The number of aliphatic imine (C=N–C) groups is 1. The maximum Gasteiger partial charge on any atom is 0.265 e. The van der Waals surface area contributed by atoms with Crippen LogP contribution >= 0.6 is 0 Å². The molecule has 0 amide bonds. The van der Waals surface area contributed by atoms with Crippen molar-refractivity contribution < 1.29 is 24.1 Å². The normalized spacial score (nSPS) is 11.1. The molecule has 0 aliphatic carbocycles. The number of aromatic nitrogens is 1. The highest BCUT2D eigenvalue weighted by Gasteiger charge is 2.18. The number of hydrogen-bond donors (Lipinski definition) is 1. The van der Waals surface area contributed by atoms with Crippen molar-refractivity contribution >= 4 is 22.7 Å². The van der Waals surface area contributed by atoms with Crippen molar-refractivity contribution in [2.24, 2.45) is 4.99 Å². The van der Waals surface area contributed by atoms with E-state index in [-0.39, 0.29) is 11.4 Å². The number of methoxy groups -OCH3 is 4. The Morgan fingerprint density at radius 1 is 0.794 bits per heavy atom. The molecule has 4 rings (SSSR count). The lowest BCUT2D eigenvalue weighted by molar-refractivity contribution is 0.354. The van der Waals surface area contributed by atoms with Crippen LogP contribution in [0.15, 0.2) is 70.5 Å². The maximum atomic E-state index is 13.4. The van der Waals surface area contributed by atoms with E-state index in [1.807, 2.05) is 0 Å². The molecule has 0 atom stereocenters. The van der Waals surface area contributed by atoms with Gasteiger partial charge in [-0.2, -0.15) is 0 Å². The van der Waals surface area contributed by atoms with Gasteiger partial charge in [-0.1, -0.05) is 18.2 Å². The van der Waals surface area contributed by atoms with Gasteiger partial charge >= 0.3 is 0 Å². The second kappa shape index (κ2) is 9.58. The number of nitrogens with zero attached hydrogens (tertiary/aromatic N) is 2. The van der Waals surface area contributed by atoms with Crippen LogP contribution in [0.4, 0.5) is 5.69 Å². The fourth-order valence-electron chi connectivity index (χ4n) is 3.70. The summed E-state index contributed by atoms with van der Waals surface area (Å²) in [5.41, 5.74) is 0.986. The van der Waals surface area contributed by atoms with E-state index < -0.39 is 0 Å². The number of hydrogen-bond acceptors (Lipinski definition) is 7. The summed E-state index contributed by atoms with van der Waals surface area (Å²) in [6.07, 6.45) is 1.52. The molecule has 3 aromatic carbocycles. The van der Waals surface area contributed by atoms with Crippen LogP contribution < -0.4 is 24.5 Å². The van der Waals surface area contributed by atoms with Gasteiger partial charge < -0.3 is 24.1 Å². The van der Waals surface area contributed by atoms with E-state index in [1.54, 1.807) is 74.9 Å². The molecule has 0 aliphatic heterocycles. The van der Waals surface area contributed by atoms with Crippen molar-refractivity contribution in [3.05, 3.63) is 76.6 Å². The van der Waals surface area contributed by atoms with Crippen LogP contribution in [0.2, 0.25) is 0 Å². The number of pyridine rings is 1. The first-order valence-electron chi connectivity index (χ1n) is 10.4. The van der Waals surface area contributed by atoms with Crippen LogP contribution in [-0.2, 0) is 0 Å². The number of ether oxygens (including phenoxy) is 4. The molecule has 8 heteroatoms.